The molecule has 6 nitrogen and oxygen atoms in total. The lowest BCUT2D eigenvalue weighted by molar-refractivity contribution is -0.150. The van der Waals surface area contributed by atoms with Crippen molar-refractivity contribution in [3.63, 3.8) is 0 Å². The summed E-state index contributed by atoms with van der Waals surface area (Å²) in [5, 5.41) is 9.80. The van der Waals surface area contributed by atoms with Crippen LogP contribution in [0.2, 0.25) is 10.0 Å². The van der Waals surface area contributed by atoms with E-state index in [1.807, 2.05) is 0 Å². The molecular weight excluding hydrogens is 269 g/mol. The first kappa shape index (κ1) is 13.6. The zero-order valence-corrected chi connectivity index (χ0v) is 9.92. The van der Waals surface area contributed by atoms with Gasteiger partial charge in [0.1, 0.15) is 0 Å². The smallest absolute Gasteiger partial charge is 0.264 e. The van der Waals surface area contributed by atoms with Crippen LogP contribution in [0.25, 0.3) is 0 Å². The largest absolute Gasteiger partial charge is 0.396 e. The summed E-state index contributed by atoms with van der Waals surface area (Å²) in [6.45, 7) is 0. The molecule has 0 aliphatic rings. The lowest BCUT2D eigenvalue weighted by Gasteiger charge is -2.22. The van der Waals surface area contributed by atoms with E-state index in [1.165, 1.54) is 0 Å². The van der Waals surface area contributed by atoms with Crippen LogP contribution in [-0.2, 0) is 15.2 Å². The van der Waals surface area contributed by atoms with Crippen molar-refractivity contribution in [2.75, 3.05) is 5.73 Å². The third-order valence-corrected chi connectivity index (χ3v) is 2.84. The molecule has 0 aliphatic heterocycles. The Balaban J connectivity index is 3.51. The van der Waals surface area contributed by atoms with E-state index in [2.05, 4.69) is 0 Å². The second-order valence-corrected chi connectivity index (χ2v) is 4.11. The molecule has 1 aromatic rings. The van der Waals surface area contributed by atoms with Crippen LogP contribution >= 0.6 is 23.2 Å². The molecule has 0 radical (unpaired) electrons. The predicted octanol–water partition coefficient (Wildman–Crippen LogP) is -0.266. The minimum absolute atomic E-state index is 0.0339. The van der Waals surface area contributed by atoms with Crippen molar-refractivity contribution in [2.24, 2.45) is 11.5 Å². The molecular formula is C9H9Cl2N3O3. The van der Waals surface area contributed by atoms with Crippen molar-refractivity contribution in [3.05, 3.63) is 27.7 Å². The Morgan fingerprint density at radius 1 is 1.12 bits per heavy atom. The summed E-state index contributed by atoms with van der Waals surface area (Å²) in [7, 11) is 0. The molecule has 7 N–H and O–H groups in total. The van der Waals surface area contributed by atoms with Gasteiger partial charge in [-0.1, -0.05) is 23.2 Å². The molecule has 0 atom stereocenters. The Hall–Kier alpha value is -1.50. The molecule has 1 rings (SSSR count). The molecule has 2 amide bonds. The van der Waals surface area contributed by atoms with Gasteiger partial charge in [0.2, 0.25) is 5.60 Å². The third-order valence-electron chi connectivity index (χ3n) is 2.21. The fourth-order valence-corrected chi connectivity index (χ4v) is 1.69. The highest BCUT2D eigenvalue weighted by Crippen LogP contribution is 2.33. The molecule has 0 fully saturated rings. The van der Waals surface area contributed by atoms with Gasteiger partial charge in [-0.2, -0.15) is 0 Å². The fourth-order valence-electron chi connectivity index (χ4n) is 1.20. The SMILES string of the molecule is NC(=O)C(O)(C(N)=O)c1cc(Cl)c(N)c(Cl)c1. The van der Waals surface area contributed by atoms with Crippen molar-refractivity contribution in [1.29, 1.82) is 0 Å². The number of aliphatic hydroxyl groups is 1. The highest BCUT2D eigenvalue weighted by atomic mass is 35.5. The maximum Gasteiger partial charge on any atom is 0.264 e. The van der Waals surface area contributed by atoms with Crippen molar-refractivity contribution in [3.8, 4) is 0 Å². The number of rotatable bonds is 3. The summed E-state index contributed by atoms with van der Waals surface area (Å²) >= 11 is 11.4. The Kier molecular flexibility index (Phi) is 3.51. The average Bonchev–Trinajstić information content (AvgIpc) is 2.23. The zero-order valence-electron chi connectivity index (χ0n) is 8.41. The number of carbonyl (C=O) groups is 2. The summed E-state index contributed by atoms with van der Waals surface area (Å²) in [4.78, 5) is 22.2. The molecule has 0 spiro atoms. The van der Waals surface area contributed by atoms with Crippen LogP contribution in [0.15, 0.2) is 12.1 Å². The Labute approximate surface area is 106 Å². The first-order valence-electron chi connectivity index (χ1n) is 4.28. The Bertz CT molecular complexity index is 467. The summed E-state index contributed by atoms with van der Waals surface area (Å²) in [6, 6.07) is 2.19. The molecule has 92 valence electrons. The monoisotopic (exact) mass is 277 g/mol. The van der Waals surface area contributed by atoms with Gasteiger partial charge in [-0.25, -0.2) is 0 Å². The summed E-state index contributed by atoms with van der Waals surface area (Å²) in [5.41, 5.74) is 12.5. The molecule has 0 heterocycles. The van der Waals surface area contributed by atoms with Gasteiger partial charge in [-0.15, -0.1) is 0 Å². The van der Waals surface area contributed by atoms with Gasteiger partial charge >= 0.3 is 0 Å². The second kappa shape index (κ2) is 4.40. The minimum Gasteiger partial charge on any atom is -0.396 e. The van der Waals surface area contributed by atoms with Crippen molar-refractivity contribution >= 4 is 40.7 Å². The number of hydrogen-bond donors (Lipinski definition) is 4. The Morgan fingerprint density at radius 3 is 1.76 bits per heavy atom. The number of nitrogen functional groups attached to an aromatic ring is 1. The minimum atomic E-state index is -2.68. The highest BCUT2D eigenvalue weighted by Gasteiger charge is 2.43. The first-order chi connectivity index (χ1) is 7.71. The van der Waals surface area contributed by atoms with E-state index in [4.69, 9.17) is 40.4 Å². The second-order valence-electron chi connectivity index (χ2n) is 3.29. The molecule has 0 saturated heterocycles. The van der Waals surface area contributed by atoms with Gasteiger partial charge in [0.05, 0.1) is 15.7 Å². The lowest BCUT2D eigenvalue weighted by Crippen LogP contribution is -2.51. The zero-order chi connectivity index (χ0) is 13.4. The van der Waals surface area contributed by atoms with Gasteiger partial charge < -0.3 is 22.3 Å². The molecule has 0 bridgehead atoms. The van der Waals surface area contributed by atoms with Gasteiger partial charge in [0.25, 0.3) is 11.8 Å². The van der Waals surface area contributed by atoms with Crippen LogP contribution in [0.5, 0.6) is 0 Å². The molecule has 8 heteroatoms. The number of hydrogen-bond acceptors (Lipinski definition) is 4. The number of nitrogens with two attached hydrogens (primary N) is 3. The van der Waals surface area contributed by atoms with Crippen LogP contribution in [0, 0.1) is 0 Å². The molecule has 17 heavy (non-hydrogen) atoms. The van der Waals surface area contributed by atoms with Crippen LogP contribution in [0.1, 0.15) is 5.56 Å². The van der Waals surface area contributed by atoms with Gasteiger partial charge in [0, 0.05) is 5.56 Å². The quantitative estimate of drug-likeness (QED) is 0.447. The van der Waals surface area contributed by atoms with Crippen molar-refractivity contribution < 1.29 is 14.7 Å². The first-order valence-corrected chi connectivity index (χ1v) is 5.04. The number of benzene rings is 1. The van der Waals surface area contributed by atoms with Crippen molar-refractivity contribution in [1.82, 2.24) is 0 Å². The average molecular weight is 278 g/mol. The number of primary amides is 2. The van der Waals surface area contributed by atoms with E-state index in [1.54, 1.807) is 0 Å². The van der Waals surface area contributed by atoms with E-state index < -0.39 is 17.4 Å². The molecule has 0 aromatic heterocycles. The molecule has 0 aliphatic carbocycles. The molecule has 1 aromatic carbocycles. The van der Waals surface area contributed by atoms with E-state index in [9.17, 15) is 14.7 Å². The number of amides is 2. The highest BCUT2D eigenvalue weighted by molar-refractivity contribution is 6.39. The van der Waals surface area contributed by atoms with Crippen LogP contribution in [0.3, 0.4) is 0 Å². The van der Waals surface area contributed by atoms with Crippen LogP contribution in [0.4, 0.5) is 5.69 Å². The third kappa shape index (κ3) is 2.14. The summed E-state index contributed by atoms with van der Waals surface area (Å²) < 4.78 is 0. The van der Waals surface area contributed by atoms with E-state index >= 15 is 0 Å². The molecule has 0 saturated carbocycles. The van der Waals surface area contributed by atoms with Gasteiger partial charge in [-0.3, -0.25) is 9.59 Å². The fraction of sp³-hybridized carbons (Fsp3) is 0.111. The van der Waals surface area contributed by atoms with E-state index in [0.29, 0.717) is 0 Å². The standard InChI is InChI=1S/C9H9Cl2N3O3/c10-4-1-3(2-5(11)6(4)12)9(17,7(13)15)8(14)16/h1-2,17H,12H2,(H2,13,15)(H2,14,16). The normalized spacial score (nSPS) is 11.2. The van der Waals surface area contributed by atoms with Crippen LogP contribution < -0.4 is 17.2 Å². The van der Waals surface area contributed by atoms with Gasteiger partial charge in [0.15, 0.2) is 0 Å². The van der Waals surface area contributed by atoms with Crippen LogP contribution in [-0.4, -0.2) is 16.9 Å². The predicted molar refractivity (Wildman–Crippen MR) is 63.2 cm³/mol. The van der Waals surface area contributed by atoms with Gasteiger partial charge in [-0.05, 0) is 12.1 Å². The molecule has 0 unspecified atom stereocenters. The van der Waals surface area contributed by atoms with E-state index in [0.717, 1.165) is 12.1 Å². The lowest BCUT2D eigenvalue weighted by atomic mass is 9.92. The maximum atomic E-state index is 11.1. The summed E-state index contributed by atoms with van der Waals surface area (Å²) in [5.74, 6) is -2.66. The van der Waals surface area contributed by atoms with E-state index in [-0.39, 0.29) is 21.3 Å². The number of anilines is 1. The summed E-state index contributed by atoms with van der Waals surface area (Å²) in [6.07, 6.45) is 0. The number of carbonyl (C=O) groups excluding carboxylic acids is 2. The maximum absolute atomic E-state index is 11.1. The number of halogens is 2. The van der Waals surface area contributed by atoms with Crippen molar-refractivity contribution in [2.45, 2.75) is 5.60 Å². The Morgan fingerprint density at radius 2 is 1.47 bits per heavy atom. The topological polar surface area (TPSA) is 132 Å².